The van der Waals surface area contributed by atoms with E-state index in [1.165, 1.54) is 12.1 Å². The van der Waals surface area contributed by atoms with E-state index in [4.69, 9.17) is 4.74 Å². The molecule has 2 amide bonds. The van der Waals surface area contributed by atoms with E-state index in [1.54, 1.807) is 48.5 Å². The molecule has 0 aliphatic rings. The van der Waals surface area contributed by atoms with Crippen molar-refractivity contribution >= 4 is 23.2 Å². The van der Waals surface area contributed by atoms with Crippen molar-refractivity contribution in [2.75, 3.05) is 10.6 Å². The van der Waals surface area contributed by atoms with E-state index in [9.17, 15) is 14.7 Å². The summed E-state index contributed by atoms with van der Waals surface area (Å²) in [6.45, 7) is 0. The Morgan fingerprint density at radius 1 is 0.769 bits per heavy atom. The first kappa shape index (κ1) is 17.0. The topological polar surface area (TPSA) is 87.7 Å². The monoisotopic (exact) mass is 348 g/mol. The maximum Gasteiger partial charge on any atom is 0.314 e. The Bertz CT molecular complexity index is 926. The van der Waals surface area contributed by atoms with E-state index in [1.807, 2.05) is 18.2 Å². The van der Waals surface area contributed by atoms with Crippen LogP contribution in [0.2, 0.25) is 0 Å². The number of carbonyl (C=O) groups is 2. The number of ether oxygens (including phenoxy) is 1. The van der Waals surface area contributed by atoms with Gasteiger partial charge in [0.25, 0.3) is 0 Å². The standard InChI is InChI=1S/C20H16N2O4/c23-15-8-6-7-14(13-15)21-19(24)20(25)22-17-11-4-5-12-18(17)26-16-9-2-1-3-10-16/h1-13,23H,(H,21,24)(H,22,25). The summed E-state index contributed by atoms with van der Waals surface area (Å²) in [5.74, 6) is -0.692. The van der Waals surface area contributed by atoms with E-state index >= 15 is 0 Å². The van der Waals surface area contributed by atoms with E-state index in [-0.39, 0.29) is 5.75 Å². The summed E-state index contributed by atoms with van der Waals surface area (Å²) < 4.78 is 5.74. The van der Waals surface area contributed by atoms with Crippen molar-refractivity contribution in [2.45, 2.75) is 0 Å². The third-order valence-electron chi connectivity index (χ3n) is 3.42. The largest absolute Gasteiger partial charge is 0.508 e. The third-order valence-corrected chi connectivity index (χ3v) is 3.42. The van der Waals surface area contributed by atoms with Gasteiger partial charge >= 0.3 is 11.8 Å². The molecule has 0 saturated heterocycles. The molecule has 0 spiro atoms. The van der Waals surface area contributed by atoms with Gasteiger partial charge in [-0.25, -0.2) is 0 Å². The summed E-state index contributed by atoms with van der Waals surface area (Å²) in [4.78, 5) is 24.2. The van der Waals surface area contributed by atoms with E-state index in [0.717, 1.165) is 0 Å². The molecule has 0 heterocycles. The van der Waals surface area contributed by atoms with Gasteiger partial charge in [0.05, 0.1) is 5.69 Å². The molecule has 0 bridgehead atoms. The molecule has 6 heteroatoms. The summed E-state index contributed by atoms with van der Waals surface area (Å²) in [5.41, 5.74) is 0.686. The number of phenolic OH excluding ortho intramolecular Hbond substituents is 1. The molecule has 130 valence electrons. The molecule has 0 aromatic heterocycles. The molecule has 0 unspecified atom stereocenters. The quantitative estimate of drug-likeness (QED) is 0.627. The first-order valence-electron chi connectivity index (χ1n) is 7.85. The Morgan fingerprint density at radius 2 is 1.46 bits per heavy atom. The number of para-hydroxylation sites is 3. The molecule has 3 aromatic carbocycles. The lowest BCUT2D eigenvalue weighted by molar-refractivity contribution is -0.133. The summed E-state index contributed by atoms with van der Waals surface area (Å²) in [6.07, 6.45) is 0. The normalized spacial score (nSPS) is 10.0. The van der Waals surface area contributed by atoms with Gasteiger partial charge < -0.3 is 20.5 Å². The van der Waals surface area contributed by atoms with Crippen molar-refractivity contribution < 1.29 is 19.4 Å². The molecular formula is C20H16N2O4. The highest BCUT2D eigenvalue weighted by Gasteiger charge is 2.16. The Hall–Kier alpha value is -3.80. The number of aromatic hydroxyl groups is 1. The van der Waals surface area contributed by atoms with Gasteiger partial charge in [-0.1, -0.05) is 36.4 Å². The van der Waals surface area contributed by atoms with Crippen LogP contribution in [0.25, 0.3) is 0 Å². The predicted octanol–water partition coefficient (Wildman–Crippen LogP) is 3.76. The highest BCUT2D eigenvalue weighted by molar-refractivity contribution is 6.43. The van der Waals surface area contributed by atoms with Gasteiger partial charge in [0.2, 0.25) is 0 Å². The average Bonchev–Trinajstić information content (AvgIpc) is 2.64. The number of benzene rings is 3. The Balaban J connectivity index is 1.70. The molecule has 3 aromatic rings. The molecule has 0 fully saturated rings. The van der Waals surface area contributed by atoms with Gasteiger partial charge in [0, 0.05) is 11.8 Å². The third kappa shape index (κ3) is 4.39. The second-order valence-electron chi connectivity index (χ2n) is 5.37. The Kier molecular flexibility index (Phi) is 5.14. The molecule has 3 rings (SSSR count). The van der Waals surface area contributed by atoms with Gasteiger partial charge in [0.15, 0.2) is 5.75 Å². The maximum absolute atomic E-state index is 12.2. The van der Waals surface area contributed by atoms with Crippen molar-refractivity contribution in [3.05, 3.63) is 78.9 Å². The highest BCUT2D eigenvalue weighted by Crippen LogP contribution is 2.29. The lowest BCUT2D eigenvalue weighted by atomic mass is 10.2. The summed E-state index contributed by atoms with van der Waals surface area (Å²) >= 11 is 0. The minimum absolute atomic E-state index is 0.00943. The fourth-order valence-corrected chi connectivity index (χ4v) is 2.23. The zero-order valence-electron chi connectivity index (χ0n) is 13.7. The number of carbonyl (C=O) groups excluding carboxylic acids is 2. The maximum atomic E-state index is 12.2. The second-order valence-corrected chi connectivity index (χ2v) is 5.37. The van der Waals surface area contributed by atoms with Crippen molar-refractivity contribution in [3.63, 3.8) is 0 Å². The Morgan fingerprint density at radius 3 is 2.23 bits per heavy atom. The van der Waals surface area contributed by atoms with Crippen molar-refractivity contribution in [3.8, 4) is 17.2 Å². The molecule has 0 radical (unpaired) electrons. The minimum Gasteiger partial charge on any atom is -0.508 e. The van der Waals surface area contributed by atoms with Crippen molar-refractivity contribution in [2.24, 2.45) is 0 Å². The van der Waals surface area contributed by atoms with Gasteiger partial charge in [-0.3, -0.25) is 9.59 Å². The molecule has 3 N–H and O–H groups in total. The summed E-state index contributed by atoms with van der Waals surface area (Å²) in [5, 5.41) is 14.4. The lowest BCUT2D eigenvalue weighted by Crippen LogP contribution is -2.29. The second kappa shape index (κ2) is 7.85. The van der Waals surface area contributed by atoms with Crippen LogP contribution in [-0.2, 0) is 9.59 Å². The number of nitrogens with one attached hydrogen (secondary N) is 2. The fraction of sp³-hybridized carbons (Fsp3) is 0. The smallest absolute Gasteiger partial charge is 0.314 e. The fourth-order valence-electron chi connectivity index (χ4n) is 2.23. The average molecular weight is 348 g/mol. The van der Waals surface area contributed by atoms with E-state index in [2.05, 4.69) is 10.6 Å². The van der Waals surface area contributed by atoms with E-state index in [0.29, 0.717) is 22.9 Å². The molecule has 0 saturated carbocycles. The van der Waals surface area contributed by atoms with Gasteiger partial charge in [-0.05, 0) is 36.4 Å². The first-order chi connectivity index (χ1) is 12.6. The van der Waals surface area contributed by atoms with Crippen LogP contribution in [0.4, 0.5) is 11.4 Å². The van der Waals surface area contributed by atoms with E-state index < -0.39 is 11.8 Å². The van der Waals surface area contributed by atoms with Gasteiger partial charge in [0.1, 0.15) is 11.5 Å². The number of anilines is 2. The minimum atomic E-state index is -0.856. The van der Waals surface area contributed by atoms with Crippen LogP contribution in [0, 0.1) is 0 Å². The zero-order chi connectivity index (χ0) is 18.4. The molecule has 0 aliphatic carbocycles. The lowest BCUT2D eigenvalue weighted by Gasteiger charge is -2.12. The van der Waals surface area contributed by atoms with Crippen LogP contribution in [-0.4, -0.2) is 16.9 Å². The van der Waals surface area contributed by atoms with Gasteiger partial charge in [-0.15, -0.1) is 0 Å². The number of amides is 2. The first-order valence-corrected chi connectivity index (χ1v) is 7.85. The summed E-state index contributed by atoms with van der Waals surface area (Å²) in [6, 6.07) is 21.9. The zero-order valence-corrected chi connectivity index (χ0v) is 13.7. The number of hydrogen-bond acceptors (Lipinski definition) is 4. The Labute approximate surface area is 150 Å². The van der Waals surface area contributed by atoms with Crippen LogP contribution >= 0.6 is 0 Å². The van der Waals surface area contributed by atoms with Crippen LogP contribution < -0.4 is 15.4 Å². The number of rotatable bonds is 4. The molecular weight excluding hydrogens is 332 g/mol. The van der Waals surface area contributed by atoms with Gasteiger partial charge in [-0.2, -0.15) is 0 Å². The van der Waals surface area contributed by atoms with Crippen LogP contribution in [0.3, 0.4) is 0 Å². The van der Waals surface area contributed by atoms with Crippen molar-refractivity contribution in [1.29, 1.82) is 0 Å². The molecule has 6 nitrogen and oxygen atoms in total. The molecule has 0 atom stereocenters. The SMILES string of the molecule is O=C(Nc1cccc(O)c1)C(=O)Nc1ccccc1Oc1ccccc1. The molecule has 26 heavy (non-hydrogen) atoms. The predicted molar refractivity (Wildman–Crippen MR) is 98.3 cm³/mol. The molecule has 0 aliphatic heterocycles. The summed E-state index contributed by atoms with van der Waals surface area (Å²) in [7, 11) is 0. The van der Waals surface area contributed by atoms with Crippen LogP contribution in [0.15, 0.2) is 78.9 Å². The van der Waals surface area contributed by atoms with Crippen LogP contribution in [0.5, 0.6) is 17.2 Å². The van der Waals surface area contributed by atoms with Crippen LogP contribution in [0.1, 0.15) is 0 Å². The highest BCUT2D eigenvalue weighted by atomic mass is 16.5. The number of phenols is 1. The van der Waals surface area contributed by atoms with Crippen molar-refractivity contribution in [1.82, 2.24) is 0 Å². The number of hydrogen-bond donors (Lipinski definition) is 3.